The van der Waals surface area contributed by atoms with Gasteiger partial charge in [-0.2, -0.15) is 0 Å². The average Bonchev–Trinajstić information content (AvgIpc) is 2.17. The van der Waals surface area contributed by atoms with Gasteiger partial charge in [0.25, 0.3) is 0 Å². The maximum absolute atomic E-state index is 5.28. The molecule has 0 aromatic heterocycles. The molecule has 6 heteroatoms. The second-order valence-electron chi connectivity index (χ2n) is 2.53. The summed E-state index contributed by atoms with van der Waals surface area (Å²) < 4.78 is 9.91. The summed E-state index contributed by atoms with van der Waals surface area (Å²) in [7, 11) is 1.64. The second-order valence-corrected chi connectivity index (χ2v) is 4.99. The number of nitrogens with one attached hydrogen (secondary N) is 1. The highest BCUT2D eigenvalue weighted by Crippen LogP contribution is 2.43. The number of nitrogens with zero attached hydrogens (tertiary/aromatic N) is 1. The van der Waals surface area contributed by atoms with Crippen molar-refractivity contribution in [1.82, 2.24) is 4.72 Å². The topological polar surface area (TPSA) is 33.6 Å². The minimum absolute atomic E-state index is 0.700. The molecular weight excluding hydrogens is 332 g/mol. The molecular formula is C8H6Br2N2OS. The Hall–Kier alpha value is -0.200. The van der Waals surface area contributed by atoms with Gasteiger partial charge in [0, 0.05) is 0 Å². The first-order chi connectivity index (χ1) is 6.72. The van der Waals surface area contributed by atoms with Crippen LogP contribution in [0, 0.1) is 0 Å². The van der Waals surface area contributed by atoms with Gasteiger partial charge in [-0.1, -0.05) is 0 Å². The molecule has 14 heavy (non-hydrogen) atoms. The van der Waals surface area contributed by atoms with Gasteiger partial charge < -0.3 is 9.46 Å². The third-order valence-electron chi connectivity index (χ3n) is 1.71. The van der Waals surface area contributed by atoms with E-state index in [1.807, 2.05) is 12.1 Å². The highest BCUT2D eigenvalue weighted by molar-refractivity contribution is 9.18. The summed E-state index contributed by atoms with van der Waals surface area (Å²) in [6.45, 7) is 0. The molecule has 2 rings (SSSR count). The van der Waals surface area contributed by atoms with E-state index in [2.05, 4.69) is 41.6 Å². The van der Waals surface area contributed by atoms with Gasteiger partial charge >= 0.3 is 0 Å². The van der Waals surface area contributed by atoms with Crippen molar-refractivity contribution in [2.75, 3.05) is 7.11 Å². The first-order valence-corrected chi connectivity index (χ1v) is 6.16. The number of hydrogen-bond donors (Lipinski definition) is 1. The van der Waals surface area contributed by atoms with E-state index in [1.165, 1.54) is 11.9 Å². The lowest BCUT2D eigenvalue weighted by atomic mass is 10.3. The van der Waals surface area contributed by atoms with Gasteiger partial charge in [-0.05, 0) is 55.9 Å². The van der Waals surface area contributed by atoms with Gasteiger partial charge in [-0.3, -0.25) is 0 Å². The lowest BCUT2D eigenvalue weighted by Gasteiger charge is -2.16. The Kier molecular flexibility index (Phi) is 3.04. The van der Waals surface area contributed by atoms with Crippen LogP contribution in [0.15, 0.2) is 26.5 Å². The third-order valence-corrected chi connectivity index (χ3v) is 3.81. The predicted octanol–water partition coefficient (Wildman–Crippen LogP) is 3.45. The van der Waals surface area contributed by atoms with E-state index in [-0.39, 0.29) is 0 Å². The molecule has 1 aromatic rings. The second kappa shape index (κ2) is 4.12. The fraction of sp³-hybridized carbons (Fsp3) is 0.125. The van der Waals surface area contributed by atoms with Crippen molar-refractivity contribution in [3.8, 4) is 5.75 Å². The van der Waals surface area contributed by atoms with Crippen molar-refractivity contribution >= 4 is 54.2 Å². The van der Waals surface area contributed by atoms with Crippen LogP contribution in [0.2, 0.25) is 0 Å². The van der Waals surface area contributed by atoms with Gasteiger partial charge in [0.1, 0.15) is 5.69 Å². The third kappa shape index (κ3) is 1.78. The zero-order valence-corrected chi connectivity index (χ0v) is 11.2. The molecule has 0 saturated carbocycles. The SMILES string of the molecule is COc1c(Br)ccc2c1N=C(Br)NS2. The molecule has 0 amide bonds. The molecule has 0 unspecified atom stereocenters. The zero-order valence-electron chi connectivity index (χ0n) is 7.17. The number of ether oxygens (including phenoxy) is 1. The van der Waals surface area contributed by atoms with Crippen molar-refractivity contribution in [2.24, 2.45) is 4.99 Å². The van der Waals surface area contributed by atoms with Crippen LogP contribution in [-0.2, 0) is 0 Å². The summed E-state index contributed by atoms with van der Waals surface area (Å²) in [4.78, 5) is 5.37. The van der Waals surface area contributed by atoms with E-state index in [1.54, 1.807) is 7.11 Å². The zero-order chi connectivity index (χ0) is 10.1. The molecule has 0 spiro atoms. The van der Waals surface area contributed by atoms with Crippen molar-refractivity contribution in [2.45, 2.75) is 4.90 Å². The van der Waals surface area contributed by atoms with Gasteiger partial charge in [0.15, 0.2) is 10.5 Å². The van der Waals surface area contributed by atoms with Crippen molar-refractivity contribution in [3.63, 3.8) is 0 Å². The highest BCUT2D eigenvalue weighted by atomic mass is 79.9. The minimum Gasteiger partial charge on any atom is -0.493 e. The molecule has 74 valence electrons. The Morgan fingerprint density at radius 1 is 1.43 bits per heavy atom. The molecule has 1 N–H and O–H groups in total. The lowest BCUT2D eigenvalue weighted by Crippen LogP contribution is -2.11. The van der Waals surface area contributed by atoms with E-state index in [0.717, 1.165) is 20.8 Å². The molecule has 1 aliphatic heterocycles. The Balaban J connectivity index is 2.62. The normalized spacial score (nSPS) is 14.1. The van der Waals surface area contributed by atoms with Crippen LogP contribution in [0.5, 0.6) is 5.75 Å². The van der Waals surface area contributed by atoms with Crippen molar-refractivity contribution in [1.29, 1.82) is 0 Å². The smallest absolute Gasteiger partial charge is 0.181 e. The van der Waals surface area contributed by atoms with Gasteiger partial charge in [-0.15, -0.1) is 0 Å². The van der Waals surface area contributed by atoms with Crippen LogP contribution in [0.4, 0.5) is 5.69 Å². The maximum Gasteiger partial charge on any atom is 0.181 e. The van der Waals surface area contributed by atoms with Crippen molar-refractivity contribution < 1.29 is 4.74 Å². The molecule has 0 atom stereocenters. The summed E-state index contributed by atoms with van der Waals surface area (Å²) in [5, 5.41) is 0. The monoisotopic (exact) mass is 336 g/mol. The Morgan fingerprint density at radius 2 is 2.21 bits per heavy atom. The van der Waals surface area contributed by atoms with Crippen LogP contribution in [0.3, 0.4) is 0 Å². The number of benzene rings is 1. The fourth-order valence-electron chi connectivity index (χ4n) is 1.13. The molecule has 0 bridgehead atoms. The number of amidine groups is 1. The standard InChI is InChI=1S/C8H6Br2N2OS/c1-13-7-4(9)2-3-5-6(7)11-8(10)12-14-5/h2-3H,1H3,(H,11,12). The number of aliphatic imine (C=N–C) groups is 1. The van der Waals surface area contributed by atoms with Gasteiger partial charge in [0.2, 0.25) is 0 Å². The fourth-order valence-corrected chi connectivity index (χ4v) is 2.64. The van der Waals surface area contributed by atoms with Gasteiger partial charge in [0.05, 0.1) is 16.5 Å². The van der Waals surface area contributed by atoms with E-state index in [9.17, 15) is 0 Å². The Labute approximate surface area is 103 Å². The number of rotatable bonds is 1. The molecule has 1 aromatic carbocycles. The first-order valence-electron chi connectivity index (χ1n) is 3.76. The molecule has 0 saturated heterocycles. The Morgan fingerprint density at radius 3 is 2.93 bits per heavy atom. The quantitative estimate of drug-likeness (QED) is 0.629. The summed E-state index contributed by atoms with van der Waals surface area (Å²) >= 11 is 8.22. The Bertz CT molecular complexity index is 409. The predicted molar refractivity (Wildman–Crippen MR) is 65.7 cm³/mol. The number of hydrogen-bond acceptors (Lipinski definition) is 4. The first kappa shape index (κ1) is 10.3. The summed E-state index contributed by atoms with van der Waals surface area (Å²) in [6.07, 6.45) is 0. The number of methoxy groups -OCH3 is 1. The largest absolute Gasteiger partial charge is 0.493 e. The lowest BCUT2D eigenvalue weighted by molar-refractivity contribution is 0.412. The molecule has 0 aliphatic carbocycles. The average molecular weight is 338 g/mol. The van der Waals surface area contributed by atoms with Crippen molar-refractivity contribution in [3.05, 3.63) is 16.6 Å². The number of halogens is 2. The maximum atomic E-state index is 5.28. The summed E-state index contributed by atoms with van der Waals surface area (Å²) in [5.41, 5.74) is 0.845. The molecule has 3 nitrogen and oxygen atoms in total. The molecule has 1 aliphatic rings. The summed E-state index contributed by atoms with van der Waals surface area (Å²) in [6, 6.07) is 3.93. The van der Waals surface area contributed by atoms with Crippen LogP contribution in [0.25, 0.3) is 0 Å². The molecule has 0 fully saturated rings. The highest BCUT2D eigenvalue weighted by Gasteiger charge is 2.17. The minimum atomic E-state index is 0.700. The van der Waals surface area contributed by atoms with Crippen LogP contribution in [-0.4, -0.2) is 11.9 Å². The molecule has 0 radical (unpaired) electrons. The molecule has 1 heterocycles. The van der Waals surface area contributed by atoms with E-state index in [4.69, 9.17) is 4.74 Å². The summed E-state index contributed by atoms with van der Waals surface area (Å²) in [5.74, 6) is 0.758. The van der Waals surface area contributed by atoms with E-state index >= 15 is 0 Å². The van der Waals surface area contributed by atoms with Gasteiger partial charge in [-0.25, -0.2) is 4.99 Å². The van der Waals surface area contributed by atoms with Crippen LogP contribution >= 0.6 is 43.8 Å². The van der Waals surface area contributed by atoms with E-state index < -0.39 is 0 Å². The van der Waals surface area contributed by atoms with Crippen LogP contribution in [0.1, 0.15) is 0 Å². The van der Waals surface area contributed by atoms with Crippen LogP contribution < -0.4 is 9.46 Å². The number of fused-ring (bicyclic) bond motifs is 1. The van der Waals surface area contributed by atoms with E-state index in [0.29, 0.717) is 4.74 Å².